The van der Waals surface area contributed by atoms with Crippen LogP contribution in [-0.4, -0.2) is 54.5 Å². The third kappa shape index (κ3) is 6.59. The monoisotopic (exact) mass is 444 g/mol. The van der Waals surface area contributed by atoms with Crippen molar-refractivity contribution in [3.63, 3.8) is 0 Å². The van der Waals surface area contributed by atoms with Gasteiger partial charge >= 0.3 is 0 Å². The smallest absolute Gasteiger partial charge is 0.260 e. The van der Waals surface area contributed by atoms with E-state index in [1.54, 1.807) is 30.5 Å². The van der Waals surface area contributed by atoms with Crippen LogP contribution < -0.4 is 15.0 Å². The van der Waals surface area contributed by atoms with Crippen LogP contribution >= 0.6 is 11.6 Å². The molecule has 1 N–H and O–H groups in total. The van der Waals surface area contributed by atoms with E-state index in [0.29, 0.717) is 36.1 Å². The van der Waals surface area contributed by atoms with E-state index in [1.165, 1.54) is 0 Å². The molecular weight excluding hydrogens is 416 g/mol. The second-order valence-corrected chi connectivity index (χ2v) is 9.01. The van der Waals surface area contributed by atoms with Gasteiger partial charge in [-0.15, -0.1) is 0 Å². The summed E-state index contributed by atoms with van der Waals surface area (Å²) in [6, 6.07) is 10.7. The molecule has 8 heteroatoms. The molecule has 2 heterocycles. The van der Waals surface area contributed by atoms with E-state index in [1.807, 2.05) is 37.8 Å². The average Bonchev–Trinajstić information content (AvgIpc) is 2.99. The lowest BCUT2D eigenvalue weighted by molar-refractivity contribution is -0.133. The van der Waals surface area contributed by atoms with E-state index in [2.05, 4.69) is 15.2 Å². The van der Waals surface area contributed by atoms with Crippen molar-refractivity contribution in [1.29, 1.82) is 0 Å². The standard InChI is InChI=1S/C23H29ClN4O3/c1-23(2,3)22(30)26-18-7-10-20(25-15-18)27-11-4-12-28(14-13-27)21(29)16-31-19-8-5-17(24)6-9-19/h5-10,15H,4,11-14,16H2,1-3H3,(H,26,30). The molecule has 31 heavy (non-hydrogen) atoms. The van der Waals surface area contributed by atoms with Gasteiger partial charge in [-0.2, -0.15) is 0 Å². The number of hydrogen-bond acceptors (Lipinski definition) is 5. The first-order valence-corrected chi connectivity index (χ1v) is 10.8. The summed E-state index contributed by atoms with van der Waals surface area (Å²) in [6.45, 7) is 8.39. The molecule has 1 aromatic carbocycles. The summed E-state index contributed by atoms with van der Waals surface area (Å²) >= 11 is 5.87. The molecule has 0 aliphatic carbocycles. The van der Waals surface area contributed by atoms with Gasteiger partial charge in [0.25, 0.3) is 5.91 Å². The summed E-state index contributed by atoms with van der Waals surface area (Å²) in [6.07, 6.45) is 2.52. The van der Waals surface area contributed by atoms with E-state index in [4.69, 9.17) is 16.3 Å². The Hall–Kier alpha value is -2.80. The SMILES string of the molecule is CC(C)(C)C(=O)Nc1ccc(N2CCCN(C(=O)COc3ccc(Cl)cc3)CC2)nc1. The largest absolute Gasteiger partial charge is 0.484 e. The minimum absolute atomic E-state index is 0.00204. The van der Waals surface area contributed by atoms with Crippen LogP contribution in [0.15, 0.2) is 42.6 Å². The first kappa shape index (κ1) is 22.9. The predicted molar refractivity (Wildman–Crippen MR) is 123 cm³/mol. The van der Waals surface area contributed by atoms with Gasteiger partial charge in [0.05, 0.1) is 11.9 Å². The topological polar surface area (TPSA) is 74.8 Å². The van der Waals surface area contributed by atoms with Gasteiger partial charge in [0.15, 0.2) is 6.61 Å². The number of ether oxygens (including phenoxy) is 1. The molecule has 2 aromatic rings. The molecule has 7 nitrogen and oxygen atoms in total. The Morgan fingerprint density at radius 1 is 1.06 bits per heavy atom. The summed E-state index contributed by atoms with van der Waals surface area (Å²) in [4.78, 5) is 33.2. The van der Waals surface area contributed by atoms with Crippen molar-refractivity contribution in [1.82, 2.24) is 9.88 Å². The first-order chi connectivity index (χ1) is 14.7. The third-order valence-corrected chi connectivity index (χ3v) is 5.29. The lowest BCUT2D eigenvalue weighted by Gasteiger charge is -2.23. The van der Waals surface area contributed by atoms with Crippen LogP contribution in [0.4, 0.5) is 11.5 Å². The van der Waals surface area contributed by atoms with Gasteiger partial charge in [0.1, 0.15) is 11.6 Å². The number of nitrogens with one attached hydrogen (secondary N) is 1. The number of rotatable bonds is 5. The molecule has 0 unspecified atom stereocenters. The van der Waals surface area contributed by atoms with E-state index in [9.17, 15) is 9.59 Å². The molecule has 1 aliphatic heterocycles. The normalized spacial score (nSPS) is 14.7. The maximum absolute atomic E-state index is 12.6. The van der Waals surface area contributed by atoms with Gasteiger partial charge in [-0.1, -0.05) is 32.4 Å². The van der Waals surface area contributed by atoms with Crippen molar-refractivity contribution < 1.29 is 14.3 Å². The number of benzene rings is 1. The second-order valence-electron chi connectivity index (χ2n) is 8.57. The number of carbonyl (C=O) groups is 2. The maximum atomic E-state index is 12.6. The highest BCUT2D eigenvalue weighted by molar-refractivity contribution is 6.30. The van der Waals surface area contributed by atoms with Gasteiger partial charge in [0.2, 0.25) is 5.91 Å². The van der Waals surface area contributed by atoms with Crippen LogP contribution in [0, 0.1) is 5.41 Å². The van der Waals surface area contributed by atoms with E-state index < -0.39 is 5.41 Å². The Labute approximate surface area is 188 Å². The van der Waals surface area contributed by atoms with Crippen LogP contribution in [0.3, 0.4) is 0 Å². The summed E-state index contributed by atoms with van der Waals surface area (Å²) in [5.74, 6) is 1.37. The fourth-order valence-corrected chi connectivity index (χ4v) is 3.25. The van der Waals surface area contributed by atoms with Gasteiger partial charge in [-0.05, 0) is 42.8 Å². The van der Waals surface area contributed by atoms with Crippen molar-refractivity contribution in [2.75, 3.05) is 43.0 Å². The van der Waals surface area contributed by atoms with Crippen LogP contribution in [0.2, 0.25) is 5.02 Å². The molecule has 3 rings (SSSR count). The Morgan fingerprint density at radius 2 is 1.81 bits per heavy atom. The number of carbonyl (C=O) groups excluding carboxylic acids is 2. The zero-order valence-electron chi connectivity index (χ0n) is 18.2. The van der Waals surface area contributed by atoms with Gasteiger partial charge in [-0.25, -0.2) is 4.98 Å². The third-order valence-electron chi connectivity index (χ3n) is 5.04. The molecule has 1 saturated heterocycles. The average molecular weight is 445 g/mol. The number of halogens is 1. The highest BCUT2D eigenvalue weighted by Gasteiger charge is 2.22. The molecule has 0 saturated carbocycles. The van der Waals surface area contributed by atoms with E-state index in [0.717, 1.165) is 18.8 Å². The van der Waals surface area contributed by atoms with Crippen molar-refractivity contribution in [2.24, 2.45) is 5.41 Å². The van der Waals surface area contributed by atoms with E-state index in [-0.39, 0.29) is 18.4 Å². The highest BCUT2D eigenvalue weighted by Crippen LogP contribution is 2.20. The van der Waals surface area contributed by atoms with Gasteiger partial charge in [0, 0.05) is 36.6 Å². The summed E-state index contributed by atoms with van der Waals surface area (Å²) in [5, 5.41) is 3.51. The summed E-state index contributed by atoms with van der Waals surface area (Å²) < 4.78 is 5.59. The molecular formula is C23H29ClN4O3. The van der Waals surface area contributed by atoms with E-state index >= 15 is 0 Å². The Bertz CT molecular complexity index is 895. The Kier molecular flexibility index (Phi) is 7.38. The molecule has 0 atom stereocenters. The molecule has 0 bridgehead atoms. The fourth-order valence-electron chi connectivity index (χ4n) is 3.13. The minimum Gasteiger partial charge on any atom is -0.484 e. The highest BCUT2D eigenvalue weighted by atomic mass is 35.5. The minimum atomic E-state index is -0.462. The quantitative estimate of drug-likeness (QED) is 0.758. The first-order valence-electron chi connectivity index (χ1n) is 10.4. The zero-order valence-corrected chi connectivity index (χ0v) is 19.0. The number of nitrogens with zero attached hydrogens (tertiary/aromatic N) is 3. The summed E-state index contributed by atoms with van der Waals surface area (Å²) in [7, 11) is 0. The van der Waals surface area contributed by atoms with Crippen molar-refractivity contribution in [3.8, 4) is 5.75 Å². The lowest BCUT2D eigenvalue weighted by Crippen LogP contribution is -2.38. The molecule has 166 valence electrons. The number of amides is 2. The Morgan fingerprint density at radius 3 is 2.45 bits per heavy atom. The van der Waals surface area contributed by atoms with Crippen molar-refractivity contribution >= 4 is 34.9 Å². The Balaban J connectivity index is 1.51. The molecule has 2 amide bonds. The van der Waals surface area contributed by atoms with Crippen LogP contribution in [-0.2, 0) is 9.59 Å². The number of hydrogen-bond donors (Lipinski definition) is 1. The number of anilines is 2. The van der Waals surface area contributed by atoms with Crippen molar-refractivity contribution in [3.05, 3.63) is 47.6 Å². The van der Waals surface area contributed by atoms with Crippen LogP contribution in [0.1, 0.15) is 27.2 Å². The predicted octanol–water partition coefficient (Wildman–Crippen LogP) is 3.84. The second kappa shape index (κ2) is 10.0. The molecule has 0 spiro atoms. The van der Waals surface area contributed by atoms with Crippen LogP contribution in [0.5, 0.6) is 5.75 Å². The lowest BCUT2D eigenvalue weighted by atomic mass is 9.96. The zero-order chi connectivity index (χ0) is 22.4. The molecule has 1 fully saturated rings. The molecule has 1 aromatic heterocycles. The number of pyridine rings is 1. The fraction of sp³-hybridized carbons (Fsp3) is 0.435. The van der Waals surface area contributed by atoms with Gasteiger partial charge in [-0.3, -0.25) is 9.59 Å². The molecule has 1 aliphatic rings. The summed E-state index contributed by atoms with van der Waals surface area (Å²) in [5.41, 5.74) is 0.214. The molecule has 0 radical (unpaired) electrons. The number of aromatic nitrogens is 1. The van der Waals surface area contributed by atoms with Gasteiger partial charge < -0.3 is 19.9 Å². The van der Waals surface area contributed by atoms with Crippen molar-refractivity contribution in [2.45, 2.75) is 27.2 Å². The van der Waals surface area contributed by atoms with Crippen LogP contribution in [0.25, 0.3) is 0 Å². The maximum Gasteiger partial charge on any atom is 0.260 e.